The van der Waals surface area contributed by atoms with E-state index in [-0.39, 0.29) is 5.75 Å². The smallest absolute Gasteiger partial charge is 0.212 e. The molecular weight excluding hydrogens is 224 g/mol. The van der Waals surface area contributed by atoms with Crippen LogP contribution in [0.4, 0.5) is 0 Å². The fourth-order valence-electron chi connectivity index (χ4n) is 1.83. The summed E-state index contributed by atoms with van der Waals surface area (Å²) in [6.45, 7) is 8.31. The standard InChI is InChI=1S/C11H26N2O2S/c1-5-6-7-16(14,15)13-11(4,9-12)8-10(2)3/h10,13H,5-9,12H2,1-4H3. The lowest BCUT2D eigenvalue weighted by atomic mass is 9.92. The van der Waals surface area contributed by atoms with Gasteiger partial charge in [0.05, 0.1) is 5.75 Å². The molecule has 0 aromatic carbocycles. The Bertz CT molecular complexity index is 288. The van der Waals surface area contributed by atoms with Crippen LogP contribution in [-0.2, 0) is 10.0 Å². The topological polar surface area (TPSA) is 72.2 Å². The van der Waals surface area contributed by atoms with E-state index < -0.39 is 15.6 Å². The van der Waals surface area contributed by atoms with Gasteiger partial charge in [0.15, 0.2) is 0 Å². The lowest BCUT2D eigenvalue weighted by molar-refractivity contribution is 0.344. The highest BCUT2D eigenvalue weighted by atomic mass is 32.2. The van der Waals surface area contributed by atoms with Gasteiger partial charge in [-0.25, -0.2) is 13.1 Å². The maximum atomic E-state index is 11.8. The normalized spacial score (nSPS) is 16.4. The molecule has 0 rings (SSSR count). The highest BCUT2D eigenvalue weighted by molar-refractivity contribution is 7.89. The molecule has 3 N–H and O–H groups in total. The molecule has 0 aliphatic rings. The highest BCUT2D eigenvalue weighted by Crippen LogP contribution is 2.16. The Kier molecular flexibility index (Phi) is 6.51. The molecule has 0 aliphatic heterocycles. The maximum Gasteiger partial charge on any atom is 0.212 e. The molecule has 16 heavy (non-hydrogen) atoms. The third-order valence-electron chi connectivity index (χ3n) is 2.48. The van der Waals surface area contributed by atoms with Gasteiger partial charge >= 0.3 is 0 Å². The lowest BCUT2D eigenvalue weighted by Gasteiger charge is -2.30. The summed E-state index contributed by atoms with van der Waals surface area (Å²) >= 11 is 0. The van der Waals surface area contributed by atoms with Gasteiger partial charge in [0.2, 0.25) is 10.0 Å². The summed E-state index contributed by atoms with van der Waals surface area (Å²) in [5.41, 5.74) is 5.15. The Hall–Kier alpha value is -0.130. The first kappa shape index (κ1) is 15.9. The molecule has 0 spiro atoms. The summed E-state index contributed by atoms with van der Waals surface area (Å²) in [4.78, 5) is 0. The zero-order valence-corrected chi connectivity index (χ0v) is 11.7. The third kappa shape index (κ3) is 6.45. The van der Waals surface area contributed by atoms with Crippen molar-refractivity contribution >= 4 is 10.0 Å². The van der Waals surface area contributed by atoms with Crippen LogP contribution in [0.25, 0.3) is 0 Å². The van der Waals surface area contributed by atoms with Gasteiger partial charge in [-0.2, -0.15) is 0 Å². The molecule has 0 fully saturated rings. The van der Waals surface area contributed by atoms with Crippen molar-refractivity contribution in [3.63, 3.8) is 0 Å². The minimum absolute atomic E-state index is 0.192. The van der Waals surface area contributed by atoms with Crippen molar-refractivity contribution in [2.45, 2.75) is 52.5 Å². The number of rotatable bonds is 8. The van der Waals surface area contributed by atoms with Crippen molar-refractivity contribution in [2.75, 3.05) is 12.3 Å². The molecule has 0 amide bonds. The Balaban J connectivity index is 4.51. The minimum Gasteiger partial charge on any atom is -0.329 e. The summed E-state index contributed by atoms with van der Waals surface area (Å²) in [6.07, 6.45) is 2.33. The molecule has 0 saturated heterocycles. The summed E-state index contributed by atoms with van der Waals surface area (Å²) in [5, 5.41) is 0. The Labute approximate surface area is 100 Å². The molecule has 0 aliphatic carbocycles. The van der Waals surface area contributed by atoms with Crippen LogP contribution in [0.2, 0.25) is 0 Å². The van der Waals surface area contributed by atoms with E-state index in [1.807, 2.05) is 13.8 Å². The van der Waals surface area contributed by atoms with Crippen molar-refractivity contribution in [3.8, 4) is 0 Å². The largest absolute Gasteiger partial charge is 0.329 e. The van der Waals surface area contributed by atoms with Crippen molar-refractivity contribution in [1.29, 1.82) is 0 Å². The lowest BCUT2D eigenvalue weighted by Crippen LogP contribution is -2.52. The second-order valence-electron chi connectivity index (χ2n) is 5.14. The summed E-state index contributed by atoms with van der Waals surface area (Å²) in [5.74, 6) is 0.611. The monoisotopic (exact) mass is 250 g/mol. The molecule has 0 radical (unpaired) electrons. The van der Waals surface area contributed by atoms with E-state index in [2.05, 4.69) is 18.6 Å². The number of nitrogens with one attached hydrogen (secondary N) is 1. The van der Waals surface area contributed by atoms with Crippen molar-refractivity contribution < 1.29 is 8.42 Å². The second kappa shape index (κ2) is 6.57. The SMILES string of the molecule is CCCCS(=O)(=O)NC(C)(CN)CC(C)C. The average molecular weight is 250 g/mol. The van der Waals surface area contributed by atoms with E-state index in [4.69, 9.17) is 5.73 Å². The van der Waals surface area contributed by atoms with Crippen LogP contribution in [0.15, 0.2) is 0 Å². The summed E-state index contributed by atoms with van der Waals surface area (Å²) < 4.78 is 26.3. The van der Waals surface area contributed by atoms with Crippen LogP contribution < -0.4 is 10.5 Å². The summed E-state index contributed by atoms with van der Waals surface area (Å²) in [6, 6.07) is 0. The number of sulfonamides is 1. The number of hydrogen-bond acceptors (Lipinski definition) is 3. The molecular formula is C11H26N2O2S. The zero-order valence-electron chi connectivity index (χ0n) is 10.9. The van der Waals surface area contributed by atoms with Crippen LogP contribution in [0.3, 0.4) is 0 Å². The Morgan fingerprint density at radius 2 is 1.94 bits per heavy atom. The predicted molar refractivity (Wildman–Crippen MR) is 68.7 cm³/mol. The van der Waals surface area contributed by atoms with Gasteiger partial charge in [0, 0.05) is 12.1 Å². The Morgan fingerprint density at radius 1 is 1.38 bits per heavy atom. The van der Waals surface area contributed by atoms with Crippen molar-refractivity contribution in [3.05, 3.63) is 0 Å². The first-order valence-electron chi connectivity index (χ1n) is 5.96. The number of nitrogens with two attached hydrogens (primary N) is 1. The Morgan fingerprint density at radius 3 is 2.31 bits per heavy atom. The number of unbranched alkanes of at least 4 members (excludes halogenated alkanes) is 1. The summed E-state index contributed by atoms with van der Waals surface area (Å²) in [7, 11) is -3.19. The third-order valence-corrected chi connectivity index (χ3v) is 4.11. The van der Waals surface area contributed by atoms with Crippen LogP contribution in [0, 0.1) is 5.92 Å². The van der Waals surface area contributed by atoms with Crippen LogP contribution in [-0.4, -0.2) is 26.3 Å². The molecule has 0 bridgehead atoms. The minimum atomic E-state index is -3.19. The molecule has 98 valence electrons. The highest BCUT2D eigenvalue weighted by Gasteiger charge is 2.28. The van der Waals surface area contributed by atoms with Crippen molar-refractivity contribution in [2.24, 2.45) is 11.7 Å². The van der Waals surface area contributed by atoms with E-state index in [9.17, 15) is 8.42 Å². The quantitative estimate of drug-likeness (QED) is 0.685. The van der Waals surface area contributed by atoms with Gasteiger partial charge in [-0.3, -0.25) is 0 Å². The van der Waals surface area contributed by atoms with Gasteiger partial charge in [-0.05, 0) is 25.7 Å². The predicted octanol–water partition coefficient (Wildman–Crippen LogP) is 1.47. The van der Waals surface area contributed by atoms with Gasteiger partial charge in [0.1, 0.15) is 0 Å². The van der Waals surface area contributed by atoms with E-state index in [1.54, 1.807) is 0 Å². The molecule has 1 unspecified atom stereocenters. The van der Waals surface area contributed by atoms with Crippen LogP contribution in [0.1, 0.15) is 47.0 Å². The first-order chi connectivity index (χ1) is 7.24. The van der Waals surface area contributed by atoms with E-state index in [0.29, 0.717) is 18.9 Å². The molecule has 5 heteroatoms. The fraction of sp³-hybridized carbons (Fsp3) is 1.00. The van der Waals surface area contributed by atoms with Crippen LogP contribution in [0.5, 0.6) is 0 Å². The zero-order chi connectivity index (χ0) is 12.8. The molecule has 1 atom stereocenters. The molecule has 0 aromatic heterocycles. The first-order valence-corrected chi connectivity index (χ1v) is 7.61. The van der Waals surface area contributed by atoms with Gasteiger partial charge in [-0.15, -0.1) is 0 Å². The van der Waals surface area contributed by atoms with Gasteiger partial charge in [0.25, 0.3) is 0 Å². The molecule has 0 aromatic rings. The number of hydrogen-bond donors (Lipinski definition) is 2. The van der Waals surface area contributed by atoms with Crippen molar-refractivity contribution in [1.82, 2.24) is 4.72 Å². The molecule has 0 saturated carbocycles. The molecule has 0 heterocycles. The van der Waals surface area contributed by atoms with E-state index in [1.165, 1.54) is 0 Å². The van der Waals surface area contributed by atoms with Gasteiger partial charge in [-0.1, -0.05) is 27.2 Å². The average Bonchev–Trinajstić information content (AvgIpc) is 2.12. The van der Waals surface area contributed by atoms with E-state index >= 15 is 0 Å². The fourth-order valence-corrected chi connectivity index (χ4v) is 3.52. The van der Waals surface area contributed by atoms with Crippen LogP contribution >= 0.6 is 0 Å². The van der Waals surface area contributed by atoms with Gasteiger partial charge < -0.3 is 5.73 Å². The second-order valence-corrected chi connectivity index (χ2v) is 6.98. The molecule has 4 nitrogen and oxygen atoms in total. The van der Waals surface area contributed by atoms with E-state index in [0.717, 1.165) is 12.8 Å². The maximum absolute atomic E-state index is 11.8.